The summed E-state index contributed by atoms with van der Waals surface area (Å²) in [4.78, 5) is 15.0. The molecule has 0 aliphatic carbocycles. The first kappa shape index (κ1) is 15.5. The van der Waals surface area contributed by atoms with E-state index in [0.717, 1.165) is 25.9 Å². The molecular formula is C13H25N5O. The molecule has 0 aliphatic rings. The van der Waals surface area contributed by atoms with Gasteiger partial charge in [0, 0.05) is 20.1 Å². The van der Waals surface area contributed by atoms with Crippen molar-refractivity contribution in [3.05, 3.63) is 0 Å². The smallest absolute Gasteiger partial charge is 0.323 e. The Morgan fingerprint density at radius 3 is 2.53 bits per heavy atom. The predicted molar refractivity (Wildman–Crippen MR) is 77.9 cm³/mol. The summed E-state index contributed by atoms with van der Waals surface area (Å²) in [6.45, 7) is 9.77. The minimum absolute atomic E-state index is 0.0469. The standard InChI is InChI=1S/C13H25N5O/c1-6-8-9-18(5)12-15-11(14-7-2)16-13(17-12)19-10(3)4/h10H,6-9H2,1-5H3,(H,14,15,16,17). The minimum atomic E-state index is 0.0469. The number of rotatable bonds is 8. The molecule has 0 unspecified atom stereocenters. The van der Waals surface area contributed by atoms with E-state index >= 15 is 0 Å². The van der Waals surface area contributed by atoms with E-state index in [0.29, 0.717) is 17.9 Å². The molecule has 0 fully saturated rings. The highest BCUT2D eigenvalue weighted by molar-refractivity contribution is 5.37. The van der Waals surface area contributed by atoms with Crippen molar-refractivity contribution in [1.82, 2.24) is 15.0 Å². The molecule has 1 N–H and O–H groups in total. The fourth-order valence-corrected chi connectivity index (χ4v) is 1.51. The van der Waals surface area contributed by atoms with Gasteiger partial charge in [-0.1, -0.05) is 13.3 Å². The van der Waals surface area contributed by atoms with Crippen LogP contribution in [-0.2, 0) is 0 Å². The molecule has 1 aromatic rings. The second-order valence-corrected chi connectivity index (χ2v) is 4.71. The quantitative estimate of drug-likeness (QED) is 0.780. The molecule has 6 nitrogen and oxygen atoms in total. The Morgan fingerprint density at radius 2 is 1.95 bits per heavy atom. The van der Waals surface area contributed by atoms with Gasteiger partial charge in [-0.2, -0.15) is 15.0 Å². The van der Waals surface area contributed by atoms with Gasteiger partial charge in [-0.3, -0.25) is 0 Å². The molecule has 0 aliphatic heterocycles. The SMILES string of the molecule is CCCCN(C)c1nc(NCC)nc(OC(C)C)n1. The van der Waals surface area contributed by atoms with Crippen molar-refractivity contribution in [2.75, 3.05) is 30.4 Å². The summed E-state index contributed by atoms with van der Waals surface area (Å²) in [7, 11) is 1.99. The summed E-state index contributed by atoms with van der Waals surface area (Å²) in [6, 6.07) is 0.374. The fourth-order valence-electron chi connectivity index (χ4n) is 1.51. The van der Waals surface area contributed by atoms with Gasteiger partial charge in [0.2, 0.25) is 11.9 Å². The highest BCUT2D eigenvalue weighted by atomic mass is 16.5. The van der Waals surface area contributed by atoms with Crippen molar-refractivity contribution in [2.24, 2.45) is 0 Å². The van der Waals surface area contributed by atoms with Gasteiger partial charge in [0.15, 0.2) is 0 Å². The molecule has 19 heavy (non-hydrogen) atoms. The van der Waals surface area contributed by atoms with Gasteiger partial charge in [0.05, 0.1) is 6.10 Å². The molecule has 1 aromatic heterocycles. The number of unbranched alkanes of at least 4 members (excludes halogenated alkanes) is 1. The van der Waals surface area contributed by atoms with E-state index in [9.17, 15) is 0 Å². The van der Waals surface area contributed by atoms with Crippen molar-refractivity contribution < 1.29 is 4.74 Å². The van der Waals surface area contributed by atoms with E-state index < -0.39 is 0 Å². The Kier molecular flexibility index (Phi) is 6.32. The average molecular weight is 267 g/mol. The van der Waals surface area contributed by atoms with Crippen LogP contribution in [0, 0.1) is 0 Å². The molecule has 0 radical (unpaired) electrons. The summed E-state index contributed by atoms with van der Waals surface area (Å²) in [5.74, 6) is 1.21. The van der Waals surface area contributed by atoms with Crippen LogP contribution in [0.5, 0.6) is 6.01 Å². The van der Waals surface area contributed by atoms with Crippen LogP contribution in [0.4, 0.5) is 11.9 Å². The lowest BCUT2D eigenvalue weighted by molar-refractivity contribution is 0.222. The molecule has 0 atom stereocenters. The number of ether oxygens (including phenoxy) is 1. The molecule has 0 aromatic carbocycles. The lowest BCUT2D eigenvalue weighted by atomic mass is 10.3. The van der Waals surface area contributed by atoms with E-state index in [4.69, 9.17) is 4.74 Å². The molecule has 0 saturated heterocycles. The van der Waals surface area contributed by atoms with Crippen LogP contribution < -0.4 is 15.0 Å². The first-order valence-corrected chi connectivity index (χ1v) is 6.94. The average Bonchev–Trinajstić information content (AvgIpc) is 2.35. The van der Waals surface area contributed by atoms with Crippen molar-refractivity contribution in [3.8, 4) is 6.01 Å². The van der Waals surface area contributed by atoms with Gasteiger partial charge in [0.25, 0.3) is 0 Å². The highest BCUT2D eigenvalue weighted by Gasteiger charge is 2.11. The monoisotopic (exact) mass is 267 g/mol. The molecule has 0 amide bonds. The lowest BCUT2D eigenvalue weighted by Crippen LogP contribution is -2.23. The summed E-state index contributed by atoms with van der Waals surface area (Å²) in [5.41, 5.74) is 0. The Labute approximate surface area is 115 Å². The molecule has 1 heterocycles. The zero-order valence-corrected chi connectivity index (χ0v) is 12.6. The van der Waals surface area contributed by atoms with E-state index in [2.05, 4.69) is 27.2 Å². The number of hydrogen-bond acceptors (Lipinski definition) is 6. The van der Waals surface area contributed by atoms with Crippen molar-refractivity contribution in [3.63, 3.8) is 0 Å². The van der Waals surface area contributed by atoms with E-state index in [1.807, 2.05) is 32.7 Å². The van der Waals surface area contributed by atoms with Gasteiger partial charge in [0.1, 0.15) is 0 Å². The third kappa shape index (κ3) is 5.28. The first-order valence-electron chi connectivity index (χ1n) is 6.94. The second kappa shape index (κ2) is 7.76. The molecule has 0 spiro atoms. The van der Waals surface area contributed by atoms with Crippen LogP contribution in [-0.4, -0.2) is 41.2 Å². The molecule has 0 bridgehead atoms. The first-order chi connectivity index (χ1) is 9.06. The number of aromatic nitrogens is 3. The van der Waals surface area contributed by atoms with E-state index in [-0.39, 0.29) is 6.10 Å². The number of hydrogen-bond donors (Lipinski definition) is 1. The summed E-state index contributed by atoms with van der Waals surface area (Å²) in [6.07, 6.45) is 2.30. The number of nitrogens with zero attached hydrogens (tertiary/aromatic N) is 4. The van der Waals surface area contributed by atoms with Crippen LogP contribution >= 0.6 is 0 Å². The summed E-state index contributed by atoms with van der Waals surface area (Å²) in [5, 5.41) is 3.10. The zero-order chi connectivity index (χ0) is 14.3. The van der Waals surface area contributed by atoms with Crippen LogP contribution in [0.15, 0.2) is 0 Å². The van der Waals surface area contributed by atoms with Gasteiger partial charge < -0.3 is 15.0 Å². The van der Waals surface area contributed by atoms with Gasteiger partial charge in [-0.05, 0) is 27.2 Å². The van der Waals surface area contributed by atoms with E-state index in [1.54, 1.807) is 0 Å². The van der Waals surface area contributed by atoms with Gasteiger partial charge in [-0.15, -0.1) is 0 Å². The third-order valence-electron chi connectivity index (χ3n) is 2.47. The van der Waals surface area contributed by atoms with Crippen LogP contribution in [0.3, 0.4) is 0 Å². The van der Waals surface area contributed by atoms with Crippen LogP contribution in [0.1, 0.15) is 40.5 Å². The molecule has 0 saturated carbocycles. The Morgan fingerprint density at radius 1 is 1.21 bits per heavy atom. The van der Waals surface area contributed by atoms with Crippen molar-refractivity contribution in [2.45, 2.75) is 46.6 Å². The second-order valence-electron chi connectivity index (χ2n) is 4.71. The Balaban J connectivity index is 2.91. The topological polar surface area (TPSA) is 63.2 Å². The zero-order valence-electron chi connectivity index (χ0n) is 12.6. The Bertz CT molecular complexity index is 383. The number of anilines is 2. The fraction of sp³-hybridized carbons (Fsp3) is 0.769. The molecular weight excluding hydrogens is 242 g/mol. The van der Waals surface area contributed by atoms with E-state index in [1.165, 1.54) is 0 Å². The Hall–Kier alpha value is -1.59. The van der Waals surface area contributed by atoms with Gasteiger partial charge >= 0.3 is 6.01 Å². The maximum atomic E-state index is 5.57. The minimum Gasteiger partial charge on any atom is -0.461 e. The van der Waals surface area contributed by atoms with Crippen LogP contribution in [0.2, 0.25) is 0 Å². The van der Waals surface area contributed by atoms with Crippen molar-refractivity contribution >= 4 is 11.9 Å². The molecule has 6 heteroatoms. The highest BCUT2D eigenvalue weighted by Crippen LogP contribution is 2.15. The summed E-state index contributed by atoms with van der Waals surface area (Å²) < 4.78 is 5.57. The van der Waals surface area contributed by atoms with Gasteiger partial charge in [-0.25, -0.2) is 0 Å². The molecule has 108 valence electrons. The maximum absolute atomic E-state index is 5.57. The molecule has 1 rings (SSSR count). The maximum Gasteiger partial charge on any atom is 0.323 e. The predicted octanol–water partition coefficient (Wildman–Crippen LogP) is 2.33. The number of nitrogens with one attached hydrogen (secondary N) is 1. The van der Waals surface area contributed by atoms with Crippen LogP contribution in [0.25, 0.3) is 0 Å². The van der Waals surface area contributed by atoms with Crippen molar-refractivity contribution in [1.29, 1.82) is 0 Å². The summed E-state index contributed by atoms with van der Waals surface area (Å²) >= 11 is 0. The lowest BCUT2D eigenvalue weighted by Gasteiger charge is -2.18. The largest absolute Gasteiger partial charge is 0.461 e. The third-order valence-corrected chi connectivity index (χ3v) is 2.47. The normalized spacial score (nSPS) is 10.6.